The van der Waals surface area contributed by atoms with E-state index < -0.39 is 11.6 Å². The first kappa shape index (κ1) is 13.5. The first-order valence-electron chi connectivity index (χ1n) is 6.02. The molecule has 0 radical (unpaired) electrons. The van der Waals surface area contributed by atoms with E-state index in [9.17, 15) is 8.78 Å². The standard InChI is InChI=1S/C14H15F2N3/c1-9(11-5-12(15)7-13(16)6-11)18-8-14-3-4-17-10(2)19-14/h3-7,9,18H,8H2,1-2H3. The molecule has 2 aromatic rings. The second-order valence-electron chi connectivity index (χ2n) is 4.40. The van der Waals surface area contributed by atoms with E-state index in [0.29, 0.717) is 17.9 Å². The fourth-order valence-electron chi connectivity index (χ4n) is 1.80. The van der Waals surface area contributed by atoms with Crippen LogP contribution in [0.2, 0.25) is 0 Å². The topological polar surface area (TPSA) is 37.8 Å². The molecule has 100 valence electrons. The number of rotatable bonds is 4. The van der Waals surface area contributed by atoms with Crippen molar-refractivity contribution in [3.63, 3.8) is 0 Å². The van der Waals surface area contributed by atoms with Crippen molar-refractivity contribution < 1.29 is 8.78 Å². The van der Waals surface area contributed by atoms with Gasteiger partial charge in [-0.3, -0.25) is 0 Å². The van der Waals surface area contributed by atoms with Crippen LogP contribution in [0, 0.1) is 18.6 Å². The zero-order valence-corrected chi connectivity index (χ0v) is 10.8. The number of halogens is 2. The number of aryl methyl sites for hydroxylation is 1. The largest absolute Gasteiger partial charge is 0.305 e. The van der Waals surface area contributed by atoms with Crippen molar-refractivity contribution >= 4 is 0 Å². The summed E-state index contributed by atoms with van der Waals surface area (Å²) < 4.78 is 26.2. The molecule has 19 heavy (non-hydrogen) atoms. The van der Waals surface area contributed by atoms with Crippen molar-refractivity contribution in [3.05, 3.63) is 59.2 Å². The first-order valence-corrected chi connectivity index (χ1v) is 6.02. The minimum atomic E-state index is -0.568. The van der Waals surface area contributed by atoms with Gasteiger partial charge in [-0.05, 0) is 37.6 Å². The minimum absolute atomic E-state index is 0.166. The molecule has 0 amide bonds. The van der Waals surface area contributed by atoms with Crippen molar-refractivity contribution in [2.75, 3.05) is 0 Å². The molecule has 0 spiro atoms. The van der Waals surface area contributed by atoms with Gasteiger partial charge in [0.1, 0.15) is 17.5 Å². The molecule has 1 unspecified atom stereocenters. The van der Waals surface area contributed by atoms with Crippen LogP contribution in [-0.2, 0) is 6.54 Å². The molecule has 2 rings (SSSR count). The Balaban J connectivity index is 2.03. The molecule has 0 aliphatic carbocycles. The summed E-state index contributed by atoms with van der Waals surface area (Å²) >= 11 is 0. The normalized spacial score (nSPS) is 12.4. The number of hydrogen-bond donors (Lipinski definition) is 1. The minimum Gasteiger partial charge on any atom is -0.305 e. The second-order valence-corrected chi connectivity index (χ2v) is 4.40. The van der Waals surface area contributed by atoms with Gasteiger partial charge < -0.3 is 5.32 Å². The monoisotopic (exact) mass is 263 g/mol. The number of benzene rings is 1. The third-order valence-electron chi connectivity index (χ3n) is 2.81. The predicted molar refractivity (Wildman–Crippen MR) is 68.4 cm³/mol. The maximum Gasteiger partial charge on any atom is 0.126 e. The zero-order valence-electron chi connectivity index (χ0n) is 10.8. The van der Waals surface area contributed by atoms with Crippen molar-refractivity contribution in [2.45, 2.75) is 26.4 Å². The molecule has 1 N–H and O–H groups in total. The van der Waals surface area contributed by atoms with Gasteiger partial charge in [-0.2, -0.15) is 0 Å². The predicted octanol–water partition coefficient (Wildman–Crippen LogP) is 2.91. The molecule has 0 fully saturated rings. The van der Waals surface area contributed by atoms with E-state index in [2.05, 4.69) is 15.3 Å². The summed E-state index contributed by atoms with van der Waals surface area (Å²) in [5.41, 5.74) is 1.42. The highest BCUT2D eigenvalue weighted by molar-refractivity contribution is 5.21. The van der Waals surface area contributed by atoms with Crippen molar-refractivity contribution in [3.8, 4) is 0 Å². The van der Waals surface area contributed by atoms with Crippen LogP contribution in [0.5, 0.6) is 0 Å². The Morgan fingerprint density at radius 1 is 1.21 bits per heavy atom. The van der Waals surface area contributed by atoms with Crippen molar-refractivity contribution in [1.82, 2.24) is 15.3 Å². The maximum atomic E-state index is 13.1. The zero-order chi connectivity index (χ0) is 13.8. The SMILES string of the molecule is Cc1nccc(CNC(C)c2cc(F)cc(F)c2)n1. The molecule has 0 saturated carbocycles. The molecule has 0 aliphatic heterocycles. The van der Waals surface area contributed by atoms with E-state index in [4.69, 9.17) is 0 Å². The van der Waals surface area contributed by atoms with Crippen LogP contribution in [0.15, 0.2) is 30.5 Å². The Hall–Kier alpha value is -1.88. The van der Waals surface area contributed by atoms with E-state index in [1.165, 1.54) is 12.1 Å². The summed E-state index contributed by atoms with van der Waals surface area (Å²) in [7, 11) is 0. The summed E-state index contributed by atoms with van der Waals surface area (Å²) in [6, 6.07) is 5.15. The lowest BCUT2D eigenvalue weighted by molar-refractivity contribution is 0.541. The van der Waals surface area contributed by atoms with Crippen LogP contribution in [0.25, 0.3) is 0 Å². The summed E-state index contributed by atoms with van der Waals surface area (Å²) in [4.78, 5) is 8.26. The van der Waals surface area contributed by atoms with Gasteiger partial charge >= 0.3 is 0 Å². The number of aromatic nitrogens is 2. The third kappa shape index (κ3) is 3.79. The number of nitrogens with one attached hydrogen (secondary N) is 1. The van der Waals surface area contributed by atoms with Crippen molar-refractivity contribution in [2.24, 2.45) is 0 Å². The number of nitrogens with zero attached hydrogens (tertiary/aromatic N) is 2. The Labute approximate surface area is 110 Å². The third-order valence-corrected chi connectivity index (χ3v) is 2.81. The van der Waals surface area contributed by atoms with Gasteiger partial charge in [0.15, 0.2) is 0 Å². The van der Waals surface area contributed by atoms with E-state index >= 15 is 0 Å². The summed E-state index contributed by atoms with van der Waals surface area (Å²) in [5, 5.41) is 3.17. The molecule has 1 aromatic heterocycles. The smallest absolute Gasteiger partial charge is 0.126 e. The highest BCUT2D eigenvalue weighted by atomic mass is 19.1. The van der Waals surface area contributed by atoms with E-state index in [1.54, 1.807) is 12.3 Å². The molecule has 0 aliphatic rings. The van der Waals surface area contributed by atoms with Crippen LogP contribution < -0.4 is 5.32 Å². The van der Waals surface area contributed by atoms with E-state index in [0.717, 1.165) is 11.8 Å². The average molecular weight is 263 g/mol. The van der Waals surface area contributed by atoms with Gasteiger partial charge in [0.2, 0.25) is 0 Å². The molecule has 0 saturated heterocycles. The average Bonchev–Trinajstić information content (AvgIpc) is 2.35. The lowest BCUT2D eigenvalue weighted by atomic mass is 10.1. The summed E-state index contributed by atoms with van der Waals surface area (Å²) in [5.74, 6) is -0.438. The molecular weight excluding hydrogens is 248 g/mol. The Kier molecular flexibility index (Phi) is 4.16. The Bertz CT molecular complexity index is 552. The fourth-order valence-corrected chi connectivity index (χ4v) is 1.80. The van der Waals surface area contributed by atoms with Gasteiger partial charge in [-0.15, -0.1) is 0 Å². The lowest BCUT2D eigenvalue weighted by Crippen LogP contribution is -2.19. The van der Waals surface area contributed by atoms with Crippen molar-refractivity contribution in [1.29, 1.82) is 0 Å². The molecule has 3 nitrogen and oxygen atoms in total. The van der Waals surface area contributed by atoms with Crippen LogP contribution >= 0.6 is 0 Å². The summed E-state index contributed by atoms with van der Waals surface area (Å²) in [6.07, 6.45) is 1.69. The fraction of sp³-hybridized carbons (Fsp3) is 0.286. The highest BCUT2D eigenvalue weighted by Crippen LogP contribution is 2.16. The summed E-state index contributed by atoms with van der Waals surface area (Å²) in [6.45, 7) is 4.18. The molecule has 5 heteroatoms. The highest BCUT2D eigenvalue weighted by Gasteiger charge is 2.08. The van der Waals surface area contributed by atoms with Crippen LogP contribution in [-0.4, -0.2) is 9.97 Å². The van der Waals surface area contributed by atoms with Crippen LogP contribution in [0.4, 0.5) is 8.78 Å². The maximum absolute atomic E-state index is 13.1. The van der Waals surface area contributed by atoms with Gasteiger partial charge in [-0.1, -0.05) is 0 Å². The van der Waals surface area contributed by atoms with E-state index in [-0.39, 0.29) is 6.04 Å². The van der Waals surface area contributed by atoms with E-state index in [1.807, 2.05) is 13.8 Å². The Morgan fingerprint density at radius 2 is 1.89 bits per heavy atom. The second kappa shape index (κ2) is 5.84. The first-order chi connectivity index (χ1) is 9.04. The van der Waals surface area contributed by atoms with Gasteiger partial charge in [0.05, 0.1) is 5.69 Å². The molecule has 1 aromatic carbocycles. The molecule has 0 bridgehead atoms. The van der Waals surface area contributed by atoms with Gasteiger partial charge in [0, 0.05) is 24.8 Å². The molecule has 1 atom stereocenters. The van der Waals surface area contributed by atoms with Gasteiger partial charge in [0.25, 0.3) is 0 Å². The Morgan fingerprint density at radius 3 is 2.53 bits per heavy atom. The lowest BCUT2D eigenvalue weighted by Gasteiger charge is -2.14. The quantitative estimate of drug-likeness (QED) is 0.921. The van der Waals surface area contributed by atoms with Crippen LogP contribution in [0.3, 0.4) is 0 Å². The molecular formula is C14H15F2N3. The van der Waals surface area contributed by atoms with Gasteiger partial charge in [-0.25, -0.2) is 18.7 Å². The van der Waals surface area contributed by atoms with Crippen LogP contribution in [0.1, 0.15) is 30.0 Å². The molecule has 1 heterocycles. The number of hydrogen-bond acceptors (Lipinski definition) is 3.